The SMILES string of the molecule is COC(=O)c1ccc(N(C)C(=O)OCc2ccccc2)cc1OC. The van der Waals surface area contributed by atoms with Crippen LogP contribution in [0, 0.1) is 0 Å². The van der Waals surface area contributed by atoms with Gasteiger partial charge in [0.05, 0.1) is 19.9 Å². The number of rotatable bonds is 5. The zero-order chi connectivity index (χ0) is 17.5. The number of nitrogens with zero attached hydrogens (tertiary/aromatic N) is 1. The standard InChI is InChI=1S/C18H19NO5/c1-19(18(21)24-12-13-7-5-4-6-8-13)14-9-10-15(17(20)23-3)16(11-14)22-2/h4-11H,12H2,1-3H3. The molecule has 2 aromatic carbocycles. The molecule has 0 saturated carbocycles. The van der Waals surface area contributed by atoms with Gasteiger partial charge in [0.1, 0.15) is 17.9 Å². The summed E-state index contributed by atoms with van der Waals surface area (Å²) in [6, 6.07) is 14.2. The largest absolute Gasteiger partial charge is 0.496 e. The lowest BCUT2D eigenvalue weighted by molar-refractivity contribution is 0.0597. The topological polar surface area (TPSA) is 65.1 Å². The molecule has 2 aromatic rings. The smallest absolute Gasteiger partial charge is 0.414 e. The molecular formula is C18H19NO5. The molecular weight excluding hydrogens is 310 g/mol. The number of anilines is 1. The van der Waals surface area contributed by atoms with Gasteiger partial charge in [-0.2, -0.15) is 0 Å². The summed E-state index contributed by atoms with van der Waals surface area (Å²) in [4.78, 5) is 25.2. The lowest BCUT2D eigenvalue weighted by atomic mass is 10.1. The van der Waals surface area contributed by atoms with Crippen molar-refractivity contribution >= 4 is 17.7 Å². The summed E-state index contributed by atoms with van der Waals surface area (Å²) < 4.78 is 15.1. The lowest BCUT2D eigenvalue weighted by Crippen LogP contribution is -2.27. The van der Waals surface area contributed by atoms with Crippen LogP contribution in [0.5, 0.6) is 5.75 Å². The third-order valence-corrected chi connectivity index (χ3v) is 3.46. The van der Waals surface area contributed by atoms with Crippen molar-refractivity contribution in [3.05, 3.63) is 59.7 Å². The van der Waals surface area contributed by atoms with E-state index in [1.54, 1.807) is 25.2 Å². The first-order valence-corrected chi connectivity index (χ1v) is 7.27. The molecule has 0 saturated heterocycles. The van der Waals surface area contributed by atoms with E-state index in [0.29, 0.717) is 11.4 Å². The van der Waals surface area contributed by atoms with E-state index in [2.05, 4.69) is 4.74 Å². The predicted molar refractivity (Wildman–Crippen MR) is 89.4 cm³/mol. The Morgan fingerprint density at radius 2 is 1.75 bits per heavy atom. The zero-order valence-corrected chi connectivity index (χ0v) is 13.8. The van der Waals surface area contributed by atoms with E-state index in [1.807, 2.05) is 30.3 Å². The normalized spacial score (nSPS) is 9.96. The summed E-state index contributed by atoms with van der Waals surface area (Å²) in [6.07, 6.45) is -0.508. The molecule has 0 atom stereocenters. The van der Waals surface area contributed by atoms with E-state index >= 15 is 0 Å². The summed E-state index contributed by atoms with van der Waals surface area (Å²) in [5.41, 5.74) is 1.73. The van der Waals surface area contributed by atoms with Gasteiger partial charge in [-0.1, -0.05) is 30.3 Å². The molecule has 0 unspecified atom stereocenters. The highest BCUT2D eigenvalue weighted by atomic mass is 16.6. The Balaban J connectivity index is 2.09. The van der Waals surface area contributed by atoms with Crippen LogP contribution in [0.25, 0.3) is 0 Å². The molecule has 6 nitrogen and oxygen atoms in total. The first-order valence-electron chi connectivity index (χ1n) is 7.27. The van der Waals surface area contributed by atoms with Crippen LogP contribution < -0.4 is 9.64 Å². The molecule has 2 rings (SSSR count). The minimum absolute atomic E-state index is 0.182. The third kappa shape index (κ3) is 4.04. The molecule has 0 aromatic heterocycles. The maximum atomic E-state index is 12.2. The number of ether oxygens (including phenoxy) is 3. The molecule has 0 spiro atoms. The van der Waals surface area contributed by atoms with Crippen LogP contribution in [-0.4, -0.2) is 33.3 Å². The van der Waals surface area contributed by atoms with Gasteiger partial charge >= 0.3 is 12.1 Å². The molecule has 1 amide bonds. The zero-order valence-electron chi connectivity index (χ0n) is 13.8. The van der Waals surface area contributed by atoms with Crippen molar-refractivity contribution in [3.63, 3.8) is 0 Å². The van der Waals surface area contributed by atoms with Crippen LogP contribution in [0.2, 0.25) is 0 Å². The van der Waals surface area contributed by atoms with Gasteiger partial charge in [0, 0.05) is 13.1 Å². The Hall–Kier alpha value is -3.02. The quantitative estimate of drug-likeness (QED) is 0.788. The van der Waals surface area contributed by atoms with Gasteiger partial charge in [-0.25, -0.2) is 9.59 Å². The highest BCUT2D eigenvalue weighted by molar-refractivity contribution is 5.94. The third-order valence-electron chi connectivity index (χ3n) is 3.46. The summed E-state index contributed by atoms with van der Waals surface area (Å²) >= 11 is 0. The van der Waals surface area contributed by atoms with Crippen LogP contribution in [0.4, 0.5) is 10.5 Å². The Morgan fingerprint density at radius 1 is 1.04 bits per heavy atom. The van der Waals surface area contributed by atoms with Crippen molar-refractivity contribution in [2.75, 3.05) is 26.2 Å². The van der Waals surface area contributed by atoms with Gasteiger partial charge in [0.2, 0.25) is 0 Å². The molecule has 0 aliphatic rings. The number of hydrogen-bond acceptors (Lipinski definition) is 5. The highest BCUT2D eigenvalue weighted by Gasteiger charge is 2.18. The van der Waals surface area contributed by atoms with Crippen LogP contribution in [-0.2, 0) is 16.1 Å². The number of carbonyl (C=O) groups excluding carboxylic acids is 2. The van der Waals surface area contributed by atoms with E-state index in [1.165, 1.54) is 19.1 Å². The van der Waals surface area contributed by atoms with E-state index in [9.17, 15) is 9.59 Å². The number of carbonyl (C=O) groups is 2. The minimum atomic E-state index is -0.508. The molecule has 0 heterocycles. The highest BCUT2D eigenvalue weighted by Crippen LogP contribution is 2.26. The summed E-state index contributed by atoms with van der Waals surface area (Å²) in [5.74, 6) is -0.185. The summed E-state index contributed by atoms with van der Waals surface area (Å²) in [6.45, 7) is 0.182. The maximum Gasteiger partial charge on any atom is 0.414 e. The van der Waals surface area contributed by atoms with Gasteiger partial charge in [0.15, 0.2) is 0 Å². The van der Waals surface area contributed by atoms with Crippen molar-refractivity contribution in [2.45, 2.75) is 6.61 Å². The first-order chi connectivity index (χ1) is 11.6. The Labute approximate surface area is 140 Å². The average Bonchev–Trinajstić information content (AvgIpc) is 2.65. The Bertz CT molecular complexity index is 715. The van der Waals surface area contributed by atoms with Crippen molar-refractivity contribution < 1.29 is 23.8 Å². The van der Waals surface area contributed by atoms with Crippen molar-refractivity contribution in [1.29, 1.82) is 0 Å². The van der Waals surface area contributed by atoms with Gasteiger partial charge in [0.25, 0.3) is 0 Å². The molecule has 0 N–H and O–H groups in total. The predicted octanol–water partition coefficient (Wildman–Crippen LogP) is 3.25. The molecule has 24 heavy (non-hydrogen) atoms. The molecule has 126 valence electrons. The van der Waals surface area contributed by atoms with E-state index < -0.39 is 12.1 Å². The first kappa shape index (κ1) is 17.3. The van der Waals surface area contributed by atoms with E-state index in [4.69, 9.17) is 9.47 Å². The Morgan fingerprint density at radius 3 is 2.38 bits per heavy atom. The fourth-order valence-electron chi connectivity index (χ4n) is 2.09. The number of esters is 1. The molecule has 0 aliphatic carbocycles. The van der Waals surface area contributed by atoms with Crippen LogP contribution in [0.15, 0.2) is 48.5 Å². The lowest BCUT2D eigenvalue weighted by Gasteiger charge is -2.18. The molecule has 0 radical (unpaired) electrons. The molecule has 6 heteroatoms. The number of hydrogen-bond donors (Lipinski definition) is 0. The van der Waals surface area contributed by atoms with Gasteiger partial charge in [-0.15, -0.1) is 0 Å². The van der Waals surface area contributed by atoms with Crippen LogP contribution in [0.1, 0.15) is 15.9 Å². The van der Waals surface area contributed by atoms with Gasteiger partial charge < -0.3 is 14.2 Å². The van der Waals surface area contributed by atoms with Gasteiger partial charge in [-0.3, -0.25) is 4.90 Å². The van der Waals surface area contributed by atoms with Crippen molar-refractivity contribution in [2.24, 2.45) is 0 Å². The monoisotopic (exact) mass is 329 g/mol. The molecule has 0 aliphatic heterocycles. The van der Waals surface area contributed by atoms with E-state index in [-0.39, 0.29) is 12.2 Å². The van der Waals surface area contributed by atoms with Crippen molar-refractivity contribution in [1.82, 2.24) is 0 Å². The number of methoxy groups -OCH3 is 2. The Kier molecular flexibility index (Phi) is 5.78. The van der Waals surface area contributed by atoms with Crippen LogP contribution in [0.3, 0.4) is 0 Å². The van der Waals surface area contributed by atoms with Gasteiger partial charge in [-0.05, 0) is 17.7 Å². The van der Waals surface area contributed by atoms with Crippen LogP contribution >= 0.6 is 0 Å². The summed E-state index contributed by atoms with van der Waals surface area (Å²) in [7, 11) is 4.32. The average molecular weight is 329 g/mol. The number of benzene rings is 2. The van der Waals surface area contributed by atoms with Crippen molar-refractivity contribution in [3.8, 4) is 5.75 Å². The van der Waals surface area contributed by atoms with E-state index in [0.717, 1.165) is 5.56 Å². The second kappa shape index (κ2) is 8.01. The fraction of sp³-hybridized carbons (Fsp3) is 0.222. The molecule has 0 fully saturated rings. The molecule has 0 bridgehead atoms. The second-order valence-corrected chi connectivity index (χ2v) is 4.98. The number of amides is 1. The minimum Gasteiger partial charge on any atom is -0.496 e. The maximum absolute atomic E-state index is 12.2. The second-order valence-electron chi connectivity index (χ2n) is 4.98. The summed E-state index contributed by atoms with van der Waals surface area (Å²) in [5, 5.41) is 0. The fourth-order valence-corrected chi connectivity index (χ4v) is 2.09.